The summed E-state index contributed by atoms with van der Waals surface area (Å²) in [6, 6.07) is 0. The van der Waals surface area contributed by atoms with Gasteiger partial charge in [0.2, 0.25) is 6.29 Å². The third kappa shape index (κ3) is 20.4. The van der Waals surface area contributed by atoms with Gasteiger partial charge in [0.25, 0.3) is 0 Å². The Morgan fingerprint density at radius 3 is 1.65 bits per heavy atom. The summed E-state index contributed by atoms with van der Waals surface area (Å²) in [5, 5.41) is 0. The minimum atomic E-state index is 1.18. The van der Waals surface area contributed by atoms with Crippen LogP contribution in [-0.4, -0.2) is 6.29 Å². The van der Waals surface area contributed by atoms with E-state index < -0.39 is 0 Å². The van der Waals surface area contributed by atoms with Gasteiger partial charge in [-0.1, -0.05) is 113 Å². The van der Waals surface area contributed by atoms with E-state index in [1.165, 1.54) is 70.3 Å². The summed E-state index contributed by atoms with van der Waals surface area (Å²) in [5.74, 6) is 0. The molecule has 0 N–H and O–H groups in total. The number of hydrogen-bond donors (Lipinski definition) is 0. The maximum absolute atomic E-state index is 9.90. The lowest BCUT2D eigenvalue weighted by Gasteiger charge is -2.00. The highest BCUT2D eigenvalue weighted by atomic mass is 16.1. The van der Waals surface area contributed by atoms with E-state index in [0.717, 1.165) is 0 Å². The summed E-state index contributed by atoms with van der Waals surface area (Å²) in [6.07, 6.45) is 34.3. The van der Waals surface area contributed by atoms with Crippen molar-refractivity contribution in [3.8, 4) is 0 Å². The topological polar surface area (TPSA) is 17.1 Å². The molecule has 0 aliphatic rings. The van der Waals surface area contributed by atoms with Crippen LogP contribution < -0.4 is 0 Å². The maximum atomic E-state index is 9.90. The largest absolute Gasteiger partial charge is 0.286 e. The lowest BCUT2D eigenvalue weighted by atomic mass is 10.1. The van der Waals surface area contributed by atoms with Crippen LogP contribution in [-0.2, 0) is 4.79 Å². The van der Waals surface area contributed by atoms with Crippen LogP contribution in [0.3, 0.4) is 0 Å². The second-order valence-electron chi connectivity index (χ2n) is 5.68. The lowest BCUT2D eigenvalue weighted by Crippen LogP contribution is -1.80. The molecule has 23 heavy (non-hydrogen) atoms. The van der Waals surface area contributed by atoms with Crippen molar-refractivity contribution < 1.29 is 4.79 Å². The monoisotopic (exact) mass is 313 g/mol. The summed E-state index contributed by atoms with van der Waals surface area (Å²) < 4.78 is 0. The number of carbonyl (C=O) groups excluding carboxylic acids is 1. The highest BCUT2D eigenvalue weighted by molar-refractivity contribution is 5.66. The van der Waals surface area contributed by atoms with Gasteiger partial charge >= 0.3 is 0 Å². The fourth-order valence-electron chi connectivity index (χ4n) is 2.23. The van der Waals surface area contributed by atoms with Crippen molar-refractivity contribution >= 4 is 6.29 Å². The first-order valence-corrected chi connectivity index (χ1v) is 9.11. The van der Waals surface area contributed by atoms with Gasteiger partial charge in [0.15, 0.2) is 0 Å². The van der Waals surface area contributed by atoms with Crippen molar-refractivity contribution in [2.24, 2.45) is 0 Å². The minimum absolute atomic E-state index is 1.18. The van der Waals surface area contributed by atoms with Gasteiger partial charge < -0.3 is 0 Å². The first-order valence-electron chi connectivity index (χ1n) is 9.11. The lowest BCUT2D eigenvalue weighted by molar-refractivity contribution is 0.564. The molecule has 0 unspecified atom stereocenters. The molecule has 1 radical (unpaired) electrons. The fourth-order valence-corrected chi connectivity index (χ4v) is 2.23. The van der Waals surface area contributed by atoms with Gasteiger partial charge in [-0.2, -0.15) is 0 Å². The van der Waals surface area contributed by atoms with Gasteiger partial charge in [0.05, 0.1) is 0 Å². The molecule has 0 aromatic heterocycles. The van der Waals surface area contributed by atoms with Gasteiger partial charge in [-0.05, 0) is 18.9 Å². The number of allylic oxidation sites excluding steroid dienone is 10. The summed E-state index contributed by atoms with van der Waals surface area (Å²) in [6.45, 7) is 2.27. The van der Waals surface area contributed by atoms with E-state index in [-0.39, 0.29) is 0 Å². The molecule has 0 atom stereocenters. The summed E-state index contributed by atoms with van der Waals surface area (Å²) in [5.41, 5.74) is 0. The SMILES string of the molecule is CCCCCCCCCCCC=CC=CC=CC=CC=C[C]=O. The van der Waals surface area contributed by atoms with Gasteiger partial charge in [0.1, 0.15) is 0 Å². The minimum Gasteiger partial charge on any atom is -0.286 e. The highest BCUT2D eigenvalue weighted by Gasteiger charge is 1.90. The van der Waals surface area contributed by atoms with E-state index in [0.29, 0.717) is 0 Å². The number of rotatable bonds is 15. The number of unbranched alkanes of at least 4 members (excludes halogenated alkanes) is 9. The average molecular weight is 314 g/mol. The molecule has 1 heteroatoms. The molecule has 0 aromatic carbocycles. The molecule has 1 nitrogen and oxygen atoms in total. The summed E-state index contributed by atoms with van der Waals surface area (Å²) >= 11 is 0. The smallest absolute Gasteiger partial charge is 0.225 e. The molecule has 0 aliphatic heterocycles. The molecular weight excluding hydrogens is 280 g/mol. The van der Waals surface area contributed by atoms with Crippen molar-refractivity contribution in [1.29, 1.82) is 0 Å². The van der Waals surface area contributed by atoms with E-state index in [4.69, 9.17) is 0 Å². The van der Waals surface area contributed by atoms with Gasteiger partial charge in [0, 0.05) is 0 Å². The van der Waals surface area contributed by atoms with E-state index in [1.807, 2.05) is 30.4 Å². The predicted octanol–water partition coefficient (Wildman–Crippen LogP) is 6.80. The first kappa shape index (κ1) is 21.4. The molecule has 0 spiro atoms. The Kier molecular flexibility index (Phi) is 18.9. The third-order valence-corrected chi connectivity index (χ3v) is 3.55. The van der Waals surface area contributed by atoms with Crippen LogP contribution in [0, 0.1) is 0 Å². The first-order chi connectivity index (χ1) is 11.4. The normalized spacial score (nSPS) is 12.7. The second-order valence-corrected chi connectivity index (χ2v) is 5.68. The van der Waals surface area contributed by atoms with Crippen LogP contribution in [0.4, 0.5) is 0 Å². The average Bonchev–Trinajstić information content (AvgIpc) is 2.57. The van der Waals surface area contributed by atoms with Crippen LogP contribution in [0.15, 0.2) is 60.8 Å². The fraction of sp³-hybridized carbons (Fsp3) is 0.500. The quantitative estimate of drug-likeness (QED) is 0.185. The molecule has 0 heterocycles. The van der Waals surface area contributed by atoms with Crippen molar-refractivity contribution in [3.63, 3.8) is 0 Å². The van der Waals surface area contributed by atoms with Crippen LogP contribution in [0.25, 0.3) is 0 Å². The molecule has 0 rings (SSSR count). The zero-order valence-electron chi connectivity index (χ0n) is 14.8. The zero-order valence-corrected chi connectivity index (χ0v) is 14.8. The zero-order chi connectivity index (χ0) is 16.8. The molecule has 0 aromatic rings. The van der Waals surface area contributed by atoms with Crippen molar-refractivity contribution in [2.75, 3.05) is 0 Å². The maximum Gasteiger partial charge on any atom is 0.225 e. The van der Waals surface area contributed by atoms with Crippen molar-refractivity contribution in [2.45, 2.75) is 71.1 Å². The molecule has 0 saturated heterocycles. The highest BCUT2D eigenvalue weighted by Crippen LogP contribution is 2.10. The van der Waals surface area contributed by atoms with Crippen molar-refractivity contribution in [1.82, 2.24) is 0 Å². The van der Waals surface area contributed by atoms with Gasteiger partial charge in [-0.3, -0.25) is 4.79 Å². The van der Waals surface area contributed by atoms with Gasteiger partial charge in [-0.25, -0.2) is 0 Å². The predicted molar refractivity (Wildman–Crippen MR) is 103 cm³/mol. The van der Waals surface area contributed by atoms with E-state index in [9.17, 15) is 4.79 Å². The van der Waals surface area contributed by atoms with E-state index in [1.54, 1.807) is 18.4 Å². The molecular formula is C22H33O. The Balaban J connectivity index is 3.38. The van der Waals surface area contributed by atoms with Gasteiger partial charge in [-0.15, -0.1) is 0 Å². The molecule has 127 valence electrons. The van der Waals surface area contributed by atoms with Crippen LogP contribution >= 0.6 is 0 Å². The summed E-state index contributed by atoms with van der Waals surface area (Å²) in [7, 11) is 0. The Bertz CT molecular complexity index is 383. The Morgan fingerprint density at radius 2 is 1.09 bits per heavy atom. The molecule has 0 aliphatic carbocycles. The number of hydrogen-bond acceptors (Lipinski definition) is 1. The van der Waals surface area contributed by atoms with Crippen molar-refractivity contribution in [3.05, 3.63) is 60.8 Å². The van der Waals surface area contributed by atoms with Crippen LogP contribution in [0.5, 0.6) is 0 Å². The van der Waals surface area contributed by atoms with E-state index in [2.05, 4.69) is 19.1 Å². The molecule has 0 fully saturated rings. The second kappa shape index (κ2) is 20.4. The third-order valence-electron chi connectivity index (χ3n) is 3.55. The van der Waals surface area contributed by atoms with E-state index >= 15 is 0 Å². The Morgan fingerprint density at radius 1 is 0.609 bits per heavy atom. The van der Waals surface area contributed by atoms with Crippen LogP contribution in [0.2, 0.25) is 0 Å². The summed E-state index contributed by atoms with van der Waals surface area (Å²) in [4.78, 5) is 9.90. The molecule has 0 amide bonds. The molecule has 0 bridgehead atoms. The molecule has 0 saturated carbocycles. The Hall–Kier alpha value is -1.63. The Labute approximate surface area is 143 Å². The van der Waals surface area contributed by atoms with Crippen LogP contribution in [0.1, 0.15) is 71.1 Å². The standard InChI is InChI=1S/C22H33O/c1-2-3-4-5-6-7-8-9-10-11-12-13-14-15-16-17-18-19-20-21-22-23/h12-21H,2-11H2,1H3.